The van der Waals surface area contributed by atoms with Gasteiger partial charge in [0.05, 0.1) is 16.8 Å². The van der Waals surface area contributed by atoms with Crippen LogP contribution in [0.3, 0.4) is 0 Å². The Morgan fingerprint density at radius 2 is 1.89 bits per heavy atom. The Bertz CT molecular complexity index is 493. The summed E-state index contributed by atoms with van der Waals surface area (Å²) < 4.78 is 7.67. The minimum absolute atomic E-state index is 0.0856. The number of rotatable bonds is 5. The van der Waals surface area contributed by atoms with Gasteiger partial charge in [0.1, 0.15) is 5.76 Å². The quantitative estimate of drug-likeness (QED) is 0.807. The SMILES string of the molecule is CCCNC(c1ccc(Br)cc1)c1occc1Br. The zero-order chi connectivity index (χ0) is 13.0. The van der Waals surface area contributed by atoms with Gasteiger partial charge in [-0.15, -0.1) is 0 Å². The summed E-state index contributed by atoms with van der Waals surface area (Å²) in [6.07, 6.45) is 2.80. The molecule has 0 aliphatic rings. The van der Waals surface area contributed by atoms with Gasteiger partial charge in [0.25, 0.3) is 0 Å². The molecule has 1 aromatic heterocycles. The highest BCUT2D eigenvalue weighted by Crippen LogP contribution is 2.30. The number of nitrogens with one attached hydrogen (secondary N) is 1. The molecule has 0 spiro atoms. The zero-order valence-electron chi connectivity index (χ0n) is 10.1. The van der Waals surface area contributed by atoms with Gasteiger partial charge in [0, 0.05) is 4.47 Å². The lowest BCUT2D eigenvalue weighted by atomic mass is 10.0. The molecule has 1 heterocycles. The topological polar surface area (TPSA) is 25.2 Å². The molecule has 0 fully saturated rings. The fourth-order valence-corrected chi connectivity index (χ4v) is 2.51. The third kappa shape index (κ3) is 3.25. The van der Waals surface area contributed by atoms with E-state index in [2.05, 4.69) is 56.2 Å². The molecule has 1 aromatic carbocycles. The van der Waals surface area contributed by atoms with Crippen molar-refractivity contribution in [2.24, 2.45) is 0 Å². The molecule has 0 saturated heterocycles. The molecule has 0 amide bonds. The second-order valence-corrected chi connectivity index (χ2v) is 5.84. The highest BCUT2D eigenvalue weighted by molar-refractivity contribution is 9.10. The zero-order valence-corrected chi connectivity index (χ0v) is 13.3. The number of furan rings is 1. The van der Waals surface area contributed by atoms with E-state index in [-0.39, 0.29) is 6.04 Å². The Kier molecular flexibility index (Phi) is 5.03. The monoisotopic (exact) mass is 371 g/mol. The Morgan fingerprint density at radius 1 is 1.17 bits per heavy atom. The summed E-state index contributed by atoms with van der Waals surface area (Å²) in [6.45, 7) is 3.11. The number of halogens is 2. The van der Waals surface area contributed by atoms with Gasteiger partial charge < -0.3 is 9.73 Å². The summed E-state index contributed by atoms with van der Waals surface area (Å²) in [5, 5.41) is 3.51. The average Bonchev–Trinajstić information content (AvgIpc) is 2.78. The maximum absolute atomic E-state index is 5.59. The van der Waals surface area contributed by atoms with Crippen molar-refractivity contribution in [2.75, 3.05) is 6.54 Å². The van der Waals surface area contributed by atoms with Crippen LogP contribution in [0, 0.1) is 0 Å². The summed E-state index contributed by atoms with van der Waals surface area (Å²) >= 11 is 6.98. The van der Waals surface area contributed by atoms with Crippen LogP contribution in [0.15, 0.2) is 50.0 Å². The van der Waals surface area contributed by atoms with E-state index >= 15 is 0 Å². The van der Waals surface area contributed by atoms with Crippen molar-refractivity contribution in [1.82, 2.24) is 5.32 Å². The maximum Gasteiger partial charge on any atom is 0.139 e. The smallest absolute Gasteiger partial charge is 0.139 e. The molecule has 0 bridgehead atoms. The summed E-state index contributed by atoms with van der Waals surface area (Å²) in [5.74, 6) is 0.922. The number of hydrogen-bond donors (Lipinski definition) is 1. The molecule has 18 heavy (non-hydrogen) atoms. The van der Waals surface area contributed by atoms with Crippen LogP contribution >= 0.6 is 31.9 Å². The second-order valence-electron chi connectivity index (χ2n) is 4.07. The molecular weight excluding hydrogens is 358 g/mol. The highest BCUT2D eigenvalue weighted by atomic mass is 79.9. The fraction of sp³-hybridized carbons (Fsp3) is 0.286. The lowest BCUT2D eigenvalue weighted by molar-refractivity contribution is 0.444. The van der Waals surface area contributed by atoms with Crippen LogP contribution in [0.1, 0.15) is 30.7 Å². The van der Waals surface area contributed by atoms with Crippen molar-refractivity contribution in [2.45, 2.75) is 19.4 Å². The van der Waals surface area contributed by atoms with Crippen LogP contribution in [-0.4, -0.2) is 6.54 Å². The van der Waals surface area contributed by atoms with Crippen LogP contribution < -0.4 is 5.32 Å². The van der Waals surface area contributed by atoms with Gasteiger partial charge in [-0.1, -0.05) is 35.0 Å². The van der Waals surface area contributed by atoms with Crippen molar-refractivity contribution < 1.29 is 4.42 Å². The Labute approximate surface area is 124 Å². The van der Waals surface area contributed by atoms with Gasteiger partial charge in [-0.25, -0.2) is 0 Å². The molecule has 1 atom stereocenters. The van der Waals surface area contributed by atoms with Crippen LogP contribution in [0.2, 0.25) is 0 Å². The third-order valence-corrected chi connectivity index (χ3v) is 3.89. The van der Waals surface area contributed by atoms with E-state index in [1.165, 1.54) is 5.56 Å². The second kappa shape index (κ2) is 6.55. The predicted octanol–water partition coefficient (Wildman–Crippen LogP) is 4.89. The minimum Gasteiger partial charge on any atom is -0.466 e. The van der Waals surface area contributed by atoms with E-state index in [4.69, 9.17) is 4.42 Å². The van der Waals surface area contributed by atoms with Gasteiger partial charge in [0.2, 0.25) is 0 Å². The molecule has 1 N–H and O–H groups in total. The Balaban J connectivity index is 2.30. The first-order chi connectivity index (χ1) is 8.72. The van der Waals surface area contributed by atoms with Crippen molar-refractivity contribution in [3.8, 4) is 0 Å². The van der Waals surface area contributed by atoms with E-state index in [1.54, 1.807) is 6.26 Å². The van der Waals surface area contributed by atoms with Crippen molar-refractivity contribution >= 4 is 31.9 Å². The highest BCUT2D eigenvalue weighted by Gasteiger charge is 2.19. The predicted molar refractivity (Wildman–Crippen MR) is 80.7 cm³/mol. The van der Waals surface area contributed by atoms with Gasteiger partial charge in [-0.3, -0.25) is 0 Å². The van der Waals surface area contributed by atoms with Gasteiger partial charge >= 0.3 is 0 Å². The molecule has 4 heteroatoms. The first-order valence-electron chi connectivity index (χ1n) is 5.94. The Morgan fingerprint density at radius 3 is 2.44 bits per heavy atom. The van der Waals surface area contributed by atoms with E-state index in [0.717, 1.165) is 27.7 Å². The molecular formula is C14H15Br2NO. The molecule has 2 aromatic rings. The lowest BCUT2D eigenvalue weighted by Crippen LogP contribution is -2.23. The van der Waals surface area contributed by atoms with Crippen LogP contribution in [0.5, 0.6) is 0 Å². The first-order valence-corrected chi connectivity index (χ1v) is 7.52. The van der Waals surface area contributed by atoms with Crippen molar-refractivity contribution in [1.29, 1.82) is 0 Å². The third-order valence-electron chi connectivity index (χ3n) is 2.71. The standard InChI is InChI=1S/C14H15Br2NO/c1-2-8-17-13(14-12(16)7-9-18-14)10-3-5-11(15)6-4-10/h3-7,9,13,17H,2,8H2,1H3. The average molecular weight is 373 g/mol. The normalized spacial score (nSPS) is 12.6. The van der Waals surface area contributed by atoms with E-state index in [1.807, 2.05) is 18.2 Å². The molecule has 2 rings (SSSR count). The molecule has 0 saturated carbocycles. The molecule has 0 radical (unpaired) electrons. The summed E-state index contributed by atoms with van der Waals surface area (Å²) in [7, 11) is 0. The van der Waals surface area contributed by atoms with Gasteiger partial charge in [-0.05, 0) is 52.7 Å². The lowest BCUT2D eigenvalue weighted by Gasteiger charge is -2.17. The van der Waals surface area contributed by atoms with Crippen LogP contribution in [0.25, 0.3) is 0 Å². The van der Waals surface area contributed by atoms with Crippen LogP contribution in [-0.2, 0) is 0 Å². The van der Waals surface area contributed by atoms with Gasteiger partial charge in [-0.2, -0.15) is 0 Å². The van der Waals surface area contributed by atoms with E-state index < -0.39 is 0 Å². The number of hydrogen-bond acceptors (Lipinski definition) is 2. The van der Waals surface area contributed by atoms with Crippen molar-refractivity contribution in [3.63, 3.8) is 0 Å². The first kappa shape index (κ1) is 13.8. The number of benzene rings is 1. The maximum atomic E-state index is 5.59. The molecule has 1 unspecified atom stereocenters. The fourth-order valence-electron chi connectivity index (χ4n) is 1.82. The van der Waals surface area contributed by atoms with Gasteiger partial charge in [0.15, 0.2) is 0 Å². The van der Waals surface area contributed by atoms with Crippen LogP contribution in [0.4, 0.5) is 0 Å². The van der Waals surface area contributed by atoms with E-state index in [0.29, 0.717) is 0 Å². The van der Waals surface area contributed by atoms with Crippen molar-refractivity contribution in [3.05, 3.63) is 56.9 Å². The Hall–Kier alpha value is -0.580. The summed E-state index contributed by atoms with van der Waals surface area (Å²) in [6, 6.07) is 10.3. The summed E-state index contributed by atoms with van der Waals surface area (Å²) in [4.78, 5) is 0. The molecule has 0 aliphatic carbocycles. The molecule has 96 valence electrons. The molecule has 0 aliphatic heterocycles. The van der Waals surface area contributed by atoms with E-state index in [9.17, 15) is 0 Å². The largest absolute Gasteiger partial charge is 0.466 e. The summed E-state index contributed by atoms with van der Waals surface area (Å²) in [5.41, 5.74) is 1.20. The molecule has 2 nitrogen and oxygen atoms in total. The minimum atomic E-state index is 0.0856.